The fourth-order valence-electron chi connectivity index (χ4n) is 3.21. The van der Waals surface area contributed by atoms with E-state index in [0.29, 0.717) is 0 Å². The van der Waals surface area contributed by atoms with Crippen LogP contribution in [0, 0.1) is 0 Å². The molecule has 1 aliphatic rings. The molecule has 2 aromatic carbocycles. The molecule has 0 fully saturated rings. The van der Waals surface area contributed by atoms with E-state index in [4.69, 9.17) is 16.3 Å². The van der Waals surface area contributed by atoms with Crippen LogP contribution in [0.2, 0.25) is 5.02 Å². The van der Waals surface area contributed by atoms with Gasteiger partial charge in [-0.3, -0.25) is 0 Å². The number of aryl methyl sites for hydroxylation is 1. The van der Waals surface area contributed by atoms with Crippen molar-refractivity contribution in [1.82, 2.24) is 4.98 Å². The van der Waals surface area contributed by atoms with E-state index in [9.17, 15) is 0 Å². The Hall–Kier alpha value is -1.93. The van der Waals surface area contributed by atoms with Crippen LogP contribution < -0.4 is 4.74 Å². The Kier molecular flexibility index (Phi) is 2.54. The quantitative estimate of drug-likeness (QED) is 0.694. The number of aromatic nitrogens is 1. The summed E-state index contributed by atoms with van der Waals surface area (Å²) in [6, 6.07) is 12.3. The van der Waals surface area contributed by atoms with Crippen molar-refractivity contribution in [3.63, 3.8) is 0 Å². The fourth-order valence-corrected chi connectivity index (χ4v) is 3.38. The number of ether oxygens (including phenoxy) is 1. The first kappa shape index (κ1) is 11.9. The van der Waals surface area contributed by atoms with Gasteiger partial charge >= 0.3 is 0 Å². The second kappa shape index (κ2) is 4.29. The minimum atomic E-state index is 0.788. The number of aromatic amines is 1. The lowest BCUT2D eigenvalue weighted by Gasteiger charge is -2.19. The smallest absolute Gasteiger partial charge is 0.122 e. The summed E-state index contributed by atoms with van der Waals surface area (Å²) in [7, 11) is 1.73. The van der Waals surface area contributed by atoms with E-state index in [2.05, 4.69) is 23.2 Å². The number of rotatable bonds is 1. The molecule has 0 saturated heterocycles. The van der Waals surface area contributed by atoms with Crippen LogP contribution in [0.15, 0.2) is 36.4 Å². The van der Waals surface area contributed by atoms with Gasteiger partial charge < -0.3 is 9.72 Å². The molecule has 0 unspecified atom stereocenters. The predicted octanol–water partition coefficient (Wildman–Crippen LogP) is 4.60. The van der Waals surface area contributed by atoms with Gasteiger partial charge in [0.2, 0.25) is 0 Å². The molecule has 1 heterocycles. The largest absolute Gasteiger partial charge is 0.496 e. The van der Waals surface area contributed by atoms with Crippen molar-refractivity contribution < 1.29 is 4.74 Å². The van der Waals surface area contributed by atoms with Crippen LogP contribution >= 0.6 is 11.6 Å². The molecular weight excluding hydrogens is 270 g/mol. The molecule has 1 aromatic heterocycles. The number of benzene rings is 2. The van der Waals surface area contributed by atoms with Crippen molar-refractivity contribution in [1.29, 1.82) is 0 Å². The molecule has 0 spiro atoms. The van der Waals surface area contributed by atoms with Gasteiger partial charge in [-0.2, -0.15) is 0 Å². The third-order valence-corrected chi connectivity index (χ3v) is 4.35. The van der Waals surface area contributed by atoms with Crippen molar-refractivity contribution in [2.24, 2.45) is 0 Å². The highest BCUT2D eigenvalue weighted by molar-refractivity contribution is 6.31. The van der Waals surface area contributed by atoms with E-state index in [1.54, 1.807) is 7.11 Å². The summed E-state index contributed by atoms with van der Waals surface area (Å²) in [4.78, 5) is 3.54. The zero-order valence-electron chi connectivity index (χ0n) is 11.2. The van der Waals surface area contributed by atoms with Gasteiger partial charge in [-0.15, -0.1) is 0 Å². The Labute approximate surface area is 122 Å². The Bertz CT molecular complexity index is 819. The molecule has 0 atom stereocenters. The SMILES string of the molecule is COc1cccc2c1CCc1c-2[nH]c2ccc(Cl)cc12. The molecular formula is C17H14ClNO. The number of methoxy groups -OCH3 is 1. The van der Waals surface area contributed by atoms with Crippen LogP contribution in [0.3, 0.4) is 0 Å². The predicted molar refractivity (Wildman–Crippen MR) is 82.7 cm³/mol. The summed E-state index contributed by atoms with van der Waals surface area (Å²) in [5.41, 5.74) is 6.26. The van der Waals surface area contributed by atoms with E-state index in [-0.39, 0.29) is 0 Å². The van der Waals surface area contributed by atoms with Gasteiger partial charge in [0.15, 0.2) is 0 Å². The average molecular weight is 284 g/mol. The molecule has 100 valence electrons. The summed E-state index contributed by atoms with van der Waals surface area (Å²) in [5.74, 6) is 0.977. The van der Waals surface area contributed by atoms with Crippen LogP contribution in [0.25, 0.3) is 22.2 Å². The van der Waals surface area contributed by atoms with Gasteiger partial charge in [0.05, 0.1) is 12.8 Å². The Balaban J connectivity index is 2.03. The number of hydrogen-bond acceptors (Lipinski definition) is 1. The molecule has 0 saturated carbocycles. The maximum atomic E-state index is 6.13. The summed E-state index contributed by atoms with van der Waals surface area (Å²) in [6.45, 7) is 0. The van der Waals surface area contributed by atoms with E-state index in [1.165, 1.54) is 27.8 Å². The highest BCUT2D eigenvalue weighted by Crippen LogP contribution is 2.41. The van der Waals surface area contributed by atoms with Gasteiger partial charge in [0.1, 0.15) is 5.75 Å². The van der Waals surface area contributed by atoms with Gasteiger partial charge in [0.25, 0.3) is 0 Å². The molecule has 0 amide bonds. The fraction of sp³-hybridized carbons (Fsp3) is 0.176. The minimum absolute atomic E-state index is 0.788. The molecule has 0 radical (unpaired) electrons. The van der Waals surface area contributed by atoms with E-state index in [0.717, 1.165) is 29.1 Å². The van der Waals surface area contributed by atoms with Gasteiger partial charge in [-0.1, -0.05) is 23.7 Å². The Morgan fingerprint density at radius 2 is 1.95 bits per heavy atom. The van der Waals surface area contributed by atoms with E-state index in [1.807, 2.05) is 18.2 Å². The van der Waals surface area contributed by atoms with Crippen LogP contribution in [0.1, 0.15) is 11.1 Å². The van der Waals surface area contributed by atoms with Crippen molar-refractivity contribution in [2.75, 3.05) is 7.11 Å². The van der Waals surface area contributed by atoms with Crippen LogP contribution in [0.5, 0.6) is 5.75 Å². The summed E-state index contributed by atoms with van der Waals surface area (Å²) < 4.78 is 5.49. The third kappa shape index (κ3) is 1.58. The topological polar surface area (TPSA) is 25.0 Å². The molecule has 4 rings (SSSR count). The third-order valence-electron chi connectivity index (χ3n) is 4.12. The maximum Gasteiger partial charge on any atom is 0.122 e. The lowest BCUT2D eigenvalue weighted by atomic mass is 9.88. The molecule has 0 bridgehead atoms. The monoisotopic (exact) mass is 283 g/mol. The highest BCUT2D eigenvalue weighted by Gasteiger charge is 2.22. The van der Waals surface area contributed by atoms with Gasteiger partial charge in [-0.25, -0.2) is 0 Å². The second-order valence-electron chi connectivity index (χ2n) is 5.15. The standard InChI is InChI=1S/C17H14ClNO/c1-20-16-4-2-3-12-11(16)6-7-13-14-9-10(18)5-8-15(14)19-17(12)13/h2-5,8-9,19H,6-7H2,1H3. The first-order chi connectivity index (χ1) is 9.78. The van der Waals surface area contributed by atoms with Crippen LogP contribution in [-0.4, -0.2) is 12.1 Å². The first-order valence-corrected chi connectivity index (χ1v) is 7.12. The Morgan fingerprint density at radius 3 is 2.80 bits per heavy atom. The van der Waals surface area contributed by atoms with Crippen molar-refractivity contribution in [3.05, 3.63) is 52.5 Å². The lowest BCUT2D eigenvalue weighted by molar-refractivity contribution is 0.409. The molecule has 0 aliphatic heterocycles. The molecule has 3 heteroatoms. The molecule has 3 aromatic rings. The average Bonchev–Trinajstić information content (AvgIpc) is 2.85. The van der Waals surface area contributed by atoms with Crippen molar-refractivity contribution in [2.45, 2.75) is 12.8 Å². The molecule has 2 nitrogen and oxygen atoms in total. The van der Waals surface area contributed by atoms with Crippen molar-refractivity contribution >= 4 is 22.5 Å². The zero-order valence-corrected chi connectivity index (χ0v) is 11.9. The number of nitrogens with one attached hydrogen (secondary N) is 1. The number of hydrogen-bond donors (Lipinski definition) is 1. The van der Waals surface area contributed by atoms with Crippen LogP contribution in [-0.2, 0) is 12.8 Å². The molecule has 1 N–H and O–H groups in total. The highest BCUT2D eigenvalue weighted by atomic mass is 35.5. The van der Waals surface area contributed by atoms with Gasteiger partial charge in [0, 0.05) is 27.1 Å². The number of fused-ring (bicyclic) bond motifs is 5. The first-order valence-electron chi connectivity index (χ1n) is 6.74. The summed E-state index contributed by atoms with van der Waals surface area (Å²) >= 11 is 6.13. The van der Waals surface area contributed by atoms with Gasteiger partial charge in [-0.05, 0) is 42.7 Å². The van der Waals surface area contributed by atoms with E-state index < -0.39 is 0 Å². The number of H-pyrrole nitrogens is 1. The molecule has 1 aliphatic carbocycles. The number of halogens is 1. The Morgan fingerprint density at radius 1 is 1.10 bits per heavy atom. The maximum absolute atomic E-state index is 6.13. The second-order valence-corrected chi connectivity index (χ2v) is 5.59. The summed E-state index contributed by atoms with van der Waals surface area (Å²) in [6.07, 6.45) is 2.02. The lowest BCUT2D eigenvalue weighted by Crippen LogP contribution is -2.04. The molecule has 20 heavy (non-hydrogen) atoms. The van der Waals surface area contributed by atoms with E-state index >= 15 is 0 Å². The van der Waals surface area contributed by atoms with Crippen LogP contribution in [0.4, 0.5) is 0 Å². The normalized spacial score (nSPS) is 13.1. The zero-order chi connectivity index (χ0) is 13.7. The minimum Gasteiger partial charge on any atom is -0.496 e. The van der Waals surface area contributed by atoms with Crippen molar-refractivity contribution in [3.8, 4) is 17.0 Å². The summed E-state index contributed by atoms with van der Waals surface area (Å²) in [5, 5.41) is 2.02.